The fraction of sp³-hybridized carbons (Fsp3) is 0.263. The quantitative estimate of drug-likeness (QED) is 0.671. The molecule has 0 aliphatic rings. The second kappa shape index (κ2) is 10.0. The lowest BCUT2D eigenvalue weighted by Gasteiger charge is -2.15. The molecule has 2 rings (SSSR count). The zero-order valence-corrected chi connectivity index (χ0v) is 16.3. The molecule has 0 spiro atoms. The lowest BCUT2D eigenvalue weighted by Crippen LogP contribution is -2.32. The summed E-state index contributed by atoms with van der Waals surface area (Å²) in [7, 11) is 1.55. The number of benzene rings is 2. The third-order valence-corrected chi connectivity index (χ3v) is 4.07. The van der Waals surface area contributed by atoms with Crippen molar-refractivity contribution in [1.29, 1.82) is 0 Å². The van der Waals surface area contributed by atoms with Gasteiger partial charge in [0.15, 0.2) is 12.7 Å². The lowest BCUT2D eigenvalue weighted by atomic mass is 10.2. The Labute approximate surface area is 167 Å². The molecule has 8 heteroatoms. The second-order valence-electron chi connectivity index (χ2n) is 5.53. The Morgan fingerprint density at radius 1 is 1.11 bits per heavy atom. The van der Waals surface area contributed by atoms with E-state index < -0.39 is 24.6 Å². The Balaban J connectivity index is 1.79. The summed E-state index contributed by atoms with van der Waals surface area (Å²) >= 11 is 11.8. The number of esters is 1. The number of nitrogens with one attached hydrogen (secondary N) is 1. The fourth-order valence-corrected chi connectivity index (χ4v) is 2.61. The summed E-state index contributed by atoms with van der Waals surface area (Å²) in [6.07, 6.45) is -0.939. The highest BCUT2D eigenvalue weighted by Gasteiger charge is 2.19. The van der Waals surface area contributed by atoms with Crippen LogP contribution >= 0.6 is 23.2 Å². The second-order valence-corrected chi connectivity index (χ2v) is 6.37. The van der Waals surface area contributed by atoms with E-state index in [0.29, 0.717) is 16.5 Å². The highest BCUT2D eigenvalue weighted by atomic mass is 35.5. The molecule has 0 bridgehead atoms. The van der Waals surface area contributed by atoms with Crippen LogP contribution in [-0.4, -0.2) is 31.7 Å². The Bertz CT molecular complexity index is 812. The van der Waals surface area contributed by atoms with Gasteiger partial charge in [-0.1, -0.05) is 41.4 Å². The van der Waals surface area contributed by atoms with E-state index in [2.05, 4.69) is 5.32 Å². The number of rotatable bonds is 8. The van der Waals surface area contributed by atoms with Gasteiger partial charge in [-0.05, 0) is 31.2 Å². The van der Waals surface area contributed by atoms with Gasteiger partial charge in [-0.25, -0.2) is 4.79 Å². The number of ether oxygens (including phenoxy) is 3. The van der Waals surface area contributed by atoms with Gasteiger partial charge in [0.2, 0.25) is 0 Å². The monoisotopic (exact) mass is 411 g/mol. The molecule has 0 aromatic heterocycles. The first kappa shape index (κ1) is 20.9. The SMILES string of the molecule is COc1ccccc1CNC(=O)COC(=O)[C@H](C)Oc1ccc(Cl)cc1Cl. The van der Waals surface area contributed by atoms with Crippen LogP contribution in [0.25, 0.3) is 0 Å². The summed E-state index contributed by atoms with van der Waals surface area (Å²) in [5.41, 5.74) is 0.814. The van der Waals surface area contributed by atoms with Crippen LogP contribution in [0.3, 0.4) is 0 Å². The van der Waals surface area contributed by atoms with Gasteiger partial charge < -0.3 is 19.5 Å². The summed E-state index contributed by atoms with van der Waals surface area (Å²) in [5.74, 6) is -0.165. The van der Waals surface area contributed by atoms with Gasteiger partial charge in [0.25, 0.3) is 5.91 Å². The molecule has 2 aromatic carbocycles. The molecule has 0 aliphatic carbocycles. The zero-order valence-electron chi connectivity index (χ0n) is 14.8. The zero-order chi connectivity index (χ0) is 19.8. The van der Waals surface area contributed by atoms with Crippen LogP contribution in [0, 0.1) is 0 Å². The van der Waals surface area contributed by atoms with Gasteiger partial charge in [-0.15, -0.1) is 0 Å². The number of halogens is 2. The van der Waals surface area contributed by atoms with Crippen molar-refractivity contribution in [3.8, 4) is 11.5 Å². The molecule has 144 valence electrons. The average Bonchev–Trinajstić information content (AvgIpc) is 2.66. The van der Waals surface area contributed by atoms with Crippen molar-refractivity contribution in [1.82, 2.24) is 5.32 Å². The molecular weight excluding hydrogens is 393 g/mol. The van der Waals surface area contributed by atoms with Crippen molar-refractivity contribution in [2.24, 2.45) is 0 Å². The smallest absolute Gasteiger partial charge is 0.347 e. The molecule has 27 heavy (non-hydrogen) atoms. The van der Waals surface area contributed by atoms with E-state index in [0.717, 1.165) is 5.56 Å². The predicted molar refractivity (Wildman–Crippen MR) is 102 cm³/mol. The van der Waals surface area contributed by atoms with E-state index in [1.165, 1.54) is 13.0 Å². The van der Waals surface area contributed by atoms with E-state index in [1.54, 1.807) is 25.3 Å². The van der Waals surface area contributed by atoms with Crippen LogP contribution in [0.1, 0.15) is 12.5 Å². The molecule has 0 fully saturated rings. The standard InChI is InChI=1S/C19H19Cl2NO5/c1-12(27-17-8-7-14(20)9-15(17)21)19(24)26-11-18(23)22-10-13-5-3-4-6-16(13)25-2/h3-9,12H,10-11H2,1-2H3,(H,22,23)/t12-/m0/s1. The van der Waals surface area contributed by atoms with Gasteiger partial charge in [-0.2, -0.15) is 0 Å². The average molecular weight is 412 g/mol. The maximum absolute atomic E-state index is 12.0. The number of hydrogen-bond acceptors (Lipinski definition) is 5. The topological polar surface area (TPSA) is 73.9 Å². The van der Waals surface area contributed by atoms with Crippen LogP contribution < -0.4 is 14.8 Å². The Morgan fingerprint density at radius 2 is 1.85 bits per heavy atom. The van der Waals surface area contributed by atoms with Gasteiger partial charge in [-0.3, -0.25) is 4.79 Å². The number of amides is 1. The van der Waals surface area contributed by atoms with Gasteiger partial charge in [0, 0.05) is 17.1 Å². The van der Waals surface area contributed by atoms with Crippen molar-refractivity contribution >= 4 is 35.1 Å². The Hall–Kier alpha value is -2.44. The minimum absolute atomic E-state index is 0.257. The van der Waals surface area contributed by atoms with E-state index in [-0.39, 0.29) is 11.6 Å². The molecule has 0 heterocycles. The van der Waals surface area contributed by atoms with Gasteiger partial charge in [0.1, 0.15) is 11.5 Å². The van der Waals surface area contributed by atoms with Crippen LogP contribution in [-0.2, 0) is 20.9 Å². The van der Waals surface area contributed by atoms with Crippen molar-refractivity contribution in [3.05, 3.63) is 58.1 Å². The van der Waals surface area contributed by atoms with Crippen LogP contribution in [0.4, 0.5) is 0 Å². The van der Waals surface area contributed by atoms with Crippen LogP contribution in [0.2, 0.25) is 10.0 Å². The third kappa shape index (κ3) is 6.34. The minimum atomic E-state index is -0.939. The molecule has 0 saturated carbocycles. The van der Waals surface area contributed by atoms with E-state index >= 15 is 0 Å². The number of para-hydroxylation sites is 1. The summed E-state index contributed by atoms with van der Waals surface area (Å²) in [6.45, 7) is 1.34. The third-order valence-electron chi connectivity index (χ3n) is 3.54. The normalized spacial score (nSPS) is 11.4. The highest BCUT2D eigenvalue weighted by molar-refractivity contribution is 6.35. The molecule has 2 aromatic rings. The maximum Gasteiger partial charge on any atom is 0.347 e. The summed E-state index contributed by atoms with van der Waals surface area (Å²) in [5, 5.41) is 3.39. The molecule has 1 atom stereocenters. The highest BCUT2D eigenvalue weighted by Crippen LogP contribution is 2.28. The van der Waals surface area contributed by atoms with E-state index in [1.807, 2.05) is 18.2 Å². The number of hydrogen-bond donors (Lipinski definition) is 1. The molecule has 1 N–H and O–H groups in total. The van der Waals surface area contributed by atoms with Gasteiger partial charge in [0.05, 0.1) is 12.1 Å². The van der Waals surface area contributed by atoms with Gasteiger partial charge >= 0.3 is 5.97 Å². The maximum atomic E-state index is 12.0. The Morgan fingerprint density at radius 3 is 2.56 bits per heavy atom. The molecule has 0 radical (unpaired) electrons. The van der Waals surface area contributed by atoms with Crippen molar-refractivity contribution in [2.45, 2.75) is 19.6 Å². The van der Waals surface area contributed by atoms with Crippen LogP contribution in [0.15, 0.2) is 42.5 Å². The van der Waals surface area contributed by atoms with Crippen LogP contribution in [0.5, 0.6) is 11.5 Å². The van der Waals surface area contributed by atoms with Crippen molar-refractivity contribution in [3.63, 3.8) is 0 Å². The molecule has 0 saturated heterocycles. The molecule has 0 aliphatic heterocycles. The first-order valence-electron chi connectivity index (χ1n) is 8.07. The van der Waals surface area contributed by atoms with Crippen molar-refractivity contribution in [2.75, 3.05) is 13.7 Å². The Kier molecular flexibility index (Phi) is 7.76. The summed E-state index contributed by atoms with van der Waals surface area (Å²) < 4.78 is 15.6. The number of carbonyl (C=O) groups excluding carboxylic acids is 2. The fourth-order valence-electron chi connectivity index (χ4n) is 2.16. The number of methoxy groups -OCH3 is 1. The first-order chi connectivity index (χ1) is 12.9. The molecule has 6 nitrogen and oxygen atoms in total. The summed E-state index contributed by atoms with van der Waals surface area (Å²) in [6, 6.07) is 11.9. The molecule has 0 unspecified atom stereocenters. The van der Waals surface area contributed by atoms with E-state index in [9.17, 15) is 9.59 Å². The lowest BCUT2D eigenvalue weighted by molar-refractivity contribution is -0.154. The predicted octanol–water partition coefficient (Wildman–Crippen LogP) is 3.63. The number of carbonyl (C=O) groups is 2. The summed E-state index contributed by atoms with van der Waals surface area (Å²) in [4.78, 5) is 23.9. The largest absolute Gasteiger partial charge is 0.496 e. The molecule has 1 amide bonds. The van der Waals surface area contributed by atoms with E-state index in [4.69, 9.17) is 37.4 Å². The minimum Gasteiger partial charge on any atom is -0.496 e. The van der Waals surface area contributed by atoms with Crippen molar-refractivity contribution < 1.29 is 23.8 Å². The molecular formula is C19H19Cl2NO5. The first-order valence-corrected chi connectivity index (χ1v) is 8.83.